The van der Waals surface area contributed by atoms with E-state index in [-0.39, 0.29) is 67.6 Å². The number of amides is 2. The van der Waals surface area contributed by atoms with Crippen LogP contribution in [0.2, 0.25) is 15.1 Å². The van der Waals surface area contributed by atoms with Gasteiger partial charge in [0, 0.05) is 23.2 Å². The minimum absolute atomic E-state index is 0.00945. The van der Waals surface area contributed by atoms with Gasteiger partial charge in [0.15, 0.2) is 11.6 Å². The first kappa shape index (κ1) is 23.9. The number of nitriles is 1. The van der Waals surface area contributed by atoms with E-state index in [0.717, 1.165) is 12.8 Å². The Balaban J connectivity index is 1.48. The number of hydrogen-bond acceptors (Lipinski definition) is 4. The van der Waals surface area contributed by atoms with Crippen LogP contribution in [0.4, 0.5) is 4.39 Å². The van der Waals surface area contributed by atoms with Gasteiger partial charge in [-0.25, -0.2) is 4.39 Å². The average Bonchev–Trinajstić information content (AvgIpc) is 3.53. The van der Waals surface area contributed by atoms with Crippen LogP contribution in [0.25, 0.3) is 0 Å². The summed E-state index contributed by atoms with van der Waals surface area (Å²) in [6.07, 6.45) is 1.84. The molecule has 7 nitrogen and oxygen atoms in total. The lowest BCUT2D eigenvalue weighted by atomic mass is 10.2. The summed E-state index contributed by atoms with van der Waals surface area (Å²) in [6, 6.07) is 10.5. The van der Waals surface area contributed by atoms with Gasteiger partial charge in [0.2, 0.25) is 0 Å². The third kappa shape index (κ3) is 5.45. The highest BCUT2D eigenvalue weighted by atomic mass is 35.5. The van der Waals surface area contributed by atoms with Gasteiger partial charge in [-0.1, -0.05) is 40.9 Å². The van der Waals surface area contributed by atoms with Crippen LogP contribution in [-0.2, 0) is 6.54 Å². The van der Waals surface area contributed by atoms with Crippen LogP contribution in [0, 0.1) is 17.1 Å². The Kier molecular flexibility index (Phi) is 6.98. The van der Waals surface area contributed by atoms with E-state index in [2.05, 4.69) is 15.6 Å². The van der Waals surface area contributed by atoms with Crippen molar-refractivity contribution in [2.24, 2.45) is 0 Å². The fraction of sp³-hybridized carbons (Fsp3) is 0.174. The zero-order valence-corrected chi connectivity index (χ0v) is 19.6. The summed E-state index contributed by atoms with van der Waals surface area (Å²) in [6.45, 7) is -0.212. The minimum Gasteiger partial charge on any atom is -0.453 e. The van der Waals surface area contributed by atoms with Crippen molar-refractivity contribution >= 4 is 46.6 Å². The molecule has 4 rings (SSSR count). The van der Waals surface area contributed by atoms with E-state index in [0.29, 0.717) is 0 Å². The maximum atomic E-state index is 15.1. The average molecular weight is 522 g/mol. The molecule has 3 aromatic rings. The third-order valence-corrected chi connectivity index (χ3v) is 5.76. The third-order valence-electron chi connectivity index (χ3n) is 4.94. The number of carbonyl (C=O) groups is 2. The number of nitrogens with zero attached hydrogens (tertiary/aromatic N) is 1. The number of aromatic amines is 1. The first-order valence-corrected chi connectivity index (χ1v) is 11.2. The van der Waals surface area contributed by atoms with Gasteiger partial charge in [-0.2, -0.15) is 5.26 Å². The lowest BCUT2D eigenvalue weighted by molar-refractivity contribution is 0.0945. The molecule has 1 saturated carbocycles. The SMILES string of the molecule is N#Cc1cc(Cl)cc(Oc2c(Cl)ccc(CNC(=O)c3[nH]c(C(=O)NC4CC4)cc3Cl)c2F)c1. The first-order chi connectivity index (χ1) is 16.2. The molecule has 0 radical (unpaired) electrons. The fourth-order valence-electron chi connectivity index (χ4n) is 3.08. The number of ether oxygens (including phenoxy) is 1. The highest BCUT2D eigenvalue weighted by Gasteiger charge is 2.26. The van der Waals surface area contributed by atoms with Crippen LogP contribution in [0.15, 0.2) is 36.4 Å². The number of H-pyrrole nitrogens is 1. The maximum absolute atomic E-state index is 15.1. The Morgan fingerprint density at radius 2 is 1.88 bits per heavy atom. The summed E-state index contributed by atoms with van der Waals surface area (Å²) in [5, 5.41) is 14.7. The highest BCUT2D eigenvalue weighted by Crippen LogP contribution is 2.35. The van der Waals surface area contributed by atoms with E-state index in [1.807, 2.05) is 6.07 Å². The zero-order chi connectivity index (χ0) is 24.4. The van der Waals surface area contributed by atoms with Crippen LogP contribution in [0.5, 0.6) is 11.5 Å². The van der Waals surface area contributed by atoms with Crippen molar-refractivity contribution in [3.8, 4) is 17.6 Å². The summed E-state index contributed by atoms with van der Waals surface area (Å²) >= 11 is 18.2. The molecule has 34 heavy (non-hydrogen) atoms. The largest absolute Gasteiger partial charge is 0.453 e. The Morgan fingerprint density at radius 3 is 2.59 bits per heavy atom. The molecular weight excluding hydrogens is 506 g/mol. The predicted octanol–water partition coefficient (Wildman–Crippen LogP) is 5.60. The molecule has 2 amide bonds. The van der Waals surface area contributed by atoms with E-state index < -0.39 is 11.7 Å². The summed E-state index contributed by atoms with van der Waals surface area (Å²) in [4.78, 5) is 27.4. The smallest absolute Gasteiger partial charge is 0.269 e. The molecule has 1 aliphatic rings. The van der Waals surface area contributed by atoms with Gasteiger partial charge in [-0.05, 0) is 43.2 Å². The number of rotatable bonds is 7. The zero-order valence-electron chi connectivity index (χ0n) is 17.3. The molecule has 0 aliphatic heterocycles. The highest BCUT2D eigenvalue weighted by molar-refractivity contribution is 6.34. The van der Waals surface area contributed by atoms with Gasteiger partial charge in [0.25, 0.3) is 11.8 Å². The number of nitrogens with one attached hydrogen (secondary N) is 3. The quantitative estimate of drug-likeness (QED) is 0.376. The van der Waals surface area contributed by atoms with Crippen LogP contribution >= 0.6 is 34.8 Å². The van der Waals surface area contributed by atoms with E-state index in [1.165, 1.54) is 36.4 Å². The van der Waals surface area contributed by atoms with Crippen molar-refractivity contribution in [3.63, 3.8) is 0 Å². The number of carbonyl (C=O) groups excluding carboxylic acids is 2. The van der Waals surface area contributed by atoms with Crippen LogP contribution in [0.3, 0.4) is 0 Å². The van der Waals surface area contributed by atoms with Gasteiger partial charge >= 0.3 is 0 Å². The Labute approximate surface area is 208 Å². The number of halogens is 4. The van der Waals surface area contributed by atoms with Crippen molar-refractivity contribution in [2.75, 3.05) is 0 Å². The van der Waals surface area contributed by atoms with Crippen molar-refractivity contribution in [1.29, 1.82) is 5.26 Å². The summed E-state index contributed by atoms with van der Waals surface area (Å²) < 4.78 is 20.7. The molecule has 2 aromatic carbocycles. The van der Waals surface area contributed by atoms with Crippen LogP contribution in [0.1, 0.15) is 44.9 Å². The second-order valence-corrected chi connectivity index (χ2v) is 8.83. The Bertz CT molecular complexity index is 1330. The summed E-state index contributed by atoms with van der Waals surface area (Å²) in [5.41, 5.74) is 0.463. The van der Waals surface area contributed by atoms with Crippen LogP contribution in [-0.4, -0.2) is 22.8 Å². The molecule has 1 heterocycles. The van der Waals surface area contributed by atoms with Crippen molar-refractivity contribution in [1.82, 2.24) is 15.6 Å². The summed E-state index contributed by atoms with van der Waals surface area (Å²) in [7, 11) is 0. The molecule has 174 valence electrons. The van der Waals surface area contributed by atoms with E-state index >= 15 is 4.39 Å². The lowest BCUT2D eigenvalue weighted by Gasteiger charge is -2.13. The second kappa shape index (κ2) is 9.94. The van der Waals surface area contributed by atoms with Crippen LogP contribution < -0.4 is 15.4 Å². The molecular formula is C23H16Cl3FN4O3. The predicted molar refractivity (Wildman–Crippen MR) is 125 cm³/mol. The van der Waals surface area contributed by atoms with Gasteiger partial charge < -0.3 is 20.4 Å². The summed E-state index contributed by atoms with van der Waals surface area (Å²) in [5.74, 6) is -1.93. The van der Waals surface area contributed by atoms with E-state index in [4.69, 9.17) is 44.8 Å². The molecule has 0 saturated heterocycles. The number of aromatic nitrogens is 1. The molecule has 3 N–H and O–H groups in total. The van der Waals surface area contributed by atoms with Crippen molar-refractivity contribution in [2.45, 2.75) is 25.4 Å². The van der Waals surface area contributed by atoms with Gasteiger partial charge in [-0.15, -0.1) is 0 Å². The van der Waals surface area contributed by atoms with Gasteiger partial charge in [0.05, 0.1) is 21.7 Å². The van der Waals surface area contributed by atoms with Gasteiger partial charge in [0.1, 0.15) is 17.1 Å². The van der Waals surface area contributed by atoms with E-state index in [9.17, 15) is 9.59 Å². The monoisotopic (exact) mass is 520 g/mol. The Morgan fingerprint density at radius 1 is 1.12 bits per heavy atom. The van der Waals surface area contributed by atoms with Gasteiger partial charge in [-0.3, -0.25) is 9.59 Å². The lowest BCUT2D eigenvalue weighted by Crippen LogP contribution is -2.26. The normalized spacial score (nSPS) is 12.7. The molecule has 1 aromatic heterocycles. The number of benzene rings is 2. The minimum atomic E-state index is -0.798. The van der Waals surface area contributed by atoms with E-state index in [1.54, 1.807) is 0 Å². The fourth-order valence-corrected chi connectivity index (χ4v) is 3.73. The Hall–Kier alpha value is -3.25. The van der Waals surface area contributed by atoms with Crippen molar-refractivity contribution in [3.05, 3.63) is 79.8 Å². The van der Waals surface area contributed by atoms with Crippen molar-refractivity contribution < 1.29 is 18.7 Å². The topological polar surface area (TPSA) is 107 Å². The molecule has 0 unspecified atom stereocenters. The molecule has 0 bridgehead atoms. The first-order valence-electron chi connectivity index (χ1n) is 10.1. The number of hydrogen-bond donors (Lipinski definition) is 3. The maximum Gasteiger partial charge on any atom is 0.269 e. The standard InChI is InChI=1S/C23H16Cl3FN4O3/c24-13-5-11(9-28)6-15(7-13)34-21-16(25)4-1-12(19(21)27)10-29-23(33)20-17(26)8-18(31-20)22(32)30-14-2-3-14/h1,4-8,14,31H,2-3,10H2,(H,29,33)(H,30,32). The molecule has 1 aliphatic carbocycles. The molecule has 0 spiro atoms. The molecule has 0 atom stereocenters. The molecule has 1 fully saturated rings. The molecule has 11 heteroatoms. The second-order valence-electron chi connectivity index (χ2n) is 7.58.